The molecule has 1 N–H and O–H groups in total. The van der Waals surface area contributed by atoms with E-state index in [1.807, 2.05) is 0 Å². The number of pyridine rings is 1. The second-order valence-electron chi connectivity index (χ2n) is 6.23. The van der Waals surface area contributed by atoms with E-state index in [2.05, 4.69) is 40.4 Å². The molecule has 1 aromatic heterocycles. The lowest BCUT2D eigenvalue weighted by Crippen LogP contribution is -2.43. The van der Waals surface area contributed by atoms with Crippen LogP contribution in [0.3, 0.4) is 0 Å². The van der Waals surface area contributed by atoms with Gasteiger partial charge in [-0.05, 0) is 44.0 Å². The lowest BCUT2D eigenvalue weighted by molar-refractivity contribution is 0.253. The predicted octanol–water partition coefficient (Wildman–Crippen LogP) is 2.43. The van der Waals surface area contributed by atoms with E-state index in [0.717, 1.165) is 32.0 Å². The van der Waals surface area contributed by atoms with Crippen LogP contribution in [-0.4, -0.2) is 49.2 Å². The van der Waals surface area contributed by atoms with Gasteiger partial charge >= 0.3 is 0 Å². The van der Waals surface area contributed by atoms with E-state index in [1.165, 1.54) is 44.3 Å². The van der Waals surface area contributed by atoms with E-state index >= 15 is 0 Å². The Morgan fingerprint density at radius 3 is 2.81 bits per heavy atom. The third-order valence-corrected chi connectivity index (χ3v) is 4.76. The minimum Gasteiger partial charge on any atom is -0.354 e. The van der Waals surface area contributed by atoms with Crippen LogP contribution < -0.4 is 10.2 Å². The molecular formula is C17H28N4. The number of unbranched alkanes of at least 4 members (excludes halogenated alkanes) is 1. The summed E-state index contributed by atoms with van der Waals surface area (Å²) in [5.74, 6) is 1.14. The summed E-state index contributed by atoms with van der Waals surface area (Å²) in [6.07, 6.45) is 7.32. The fourth-order valence-electron chi connectivity index (χ4n) is 3.51. The van der Waals surface area contributed by atoms with Crippen molar-refractivity contribution in [1.29, 1.82) is 0 Å². The maximum atomic E-state index is 4.73. The standard InChI is InChI=1S/C17H28N4/c1-2-3-10-20-11-4-5-16(20)15-6-7-17(19-14-15)21-12-8-18-9-13-21/h6-7,14,16,18H,2-5,8-13H2,1H3/t16-/m0/s1. The first-order chi connectivity index (χ1) is 10.4. The minimum absolute atomic E-state index is 0.598. The van der Waals surface area contributed by atoms with Gasteiger partial charge in [0, 0.05) is 38.4 Å². The molecule has 0 amide bonds. The smallest absolute Gasteiger partial charge is 0.128 e. The molecule has 2 fully saturated rings. The van der Waals surface area contributed by atoms with Crippen LogP contribution >= 0.6 is 0 Å². The molecule has 0 unspecified atom stereocenters. The molecule has 0 aliphatic carbocycles. The second kappa shape index (κ2) is 7.23. The molecule has 21 heavy (non-hydrogen) atoms. The van der Waals surface area contributed by atoms with Crippen molar-refractivity contribution in [3.8, 4) is 0 Å². The third-order valence-electron chi connectivity index (χ3n) is 4.76. The van der Waals surface area contributed by atoms with Gasteiger partial charge in [-0.2, -0.15) is 0 Å². The monoisotopic (exact) mass is 288 g/mol. The largest absolute Gasteiger partial charge is 0.354 e. The zero-order chi connectivity index (χ0) is 14.5. The van der Waals surface area contributed by atoms with E-state index in [0.29, 0.717) is 6.04 Å². The van der Waals surface area contributed by atoms with Crippen molar-refractivity contribution in [3.63, 3.8) is 0 Å². The highest BCUT2D eigenvalue weighted by Crippen LogP contribution is 2.32. The molecule has 1 atom stereocenters. The fraction of sp³-hybridized carbons (Fsp3) is 0.706. The number of likely N-dealkylation sites (tertiary alicyclic amines) is 1. The Hall–Kier alpha value is -1.13. The molecule has 3 rings (SSSR count). The van der Waals surface area contributed by atoms with Crippen LogP contribution in [0.25, 0.3) is 0 Å². The zero-order valence-electron chi connectivity index (χ0n) is 13.2. The summed E-state index contributed by atoms with van der Waals surface area (Å²) < 4.78 is 0. The van der Waals surface area contributed by atoms with Crippen LogP contribution in [0.2, 0.25) is 0 Å². The van der Waals surface area contributed by atoms with Gasteiger partial charge in [0.25, 0.3) is 0 Å². The van der Waals surface area contributed by atoms with E-state index in [9.17, 15) is 0 Å². The number of nitrogens with one attached hydrogen (secondary N) is 1. The van der Waals surface area contributed by atoms with Crippen LogP contribution in [0.15, 0.2) is 18.3 Å². The topological polar surface area (TPSA) is 31.4 Å². The first-order valence-corrected chi connectivity index (χ1v) is 8.54. The van der Waals surface area contributed by atoms with Gasteiger partial charge in [-0.15, -0.1) is 0 Å². The van der Waals surface area contributed by atoms with Crippen molar-refractivity contribution in [2.24, 2.45) is 0 Å². The van der Waals surface area contributed by atoms with E-state index in [4.69, 9.17) is 4.98 Å². The normalized spacial score (nSPS) is 23.7. The summed E-state index contributed by atoms with van der Waals surface area (Å²) in [6.45, 7) is 9.03. The molecule has 2 aliphatic heterocycles. The van der Waals surface area contributed by atoms with Crippen LogP contribution in [0.4, 0.5) is 5.82 Å². The summed E-state index contributed by atoms with van der Waals surface area (Å²) in [5, 5.41) is 3.39. The average molecular weight is 288 g/mol. The highest BCUT2D eigenvalue weighted by molar-refractivity contribution is 5.40. The Kier molecular flexibility index (Phi) is 5.09. The lowest BCUT2D eigenvalue weighted by atomic mass is 10.1. The Morgan fingerprint density at radius 2 is 2.10 bits per heavy atom. The Balaban J connectivity index is 1.65. The minimum atomic E-state index is 0.598. The molecule has 4 heteroatoms. The summed E-state index contributed by atoms with van der Waals surface area (Å²) in [4.78, 5) is 9.76. The maximum Gasteiger partial charge on any atom is 0.128 e. The predicted molar refractivity (Wildman–Crippen MR) is 87.8 cm³/mol. The number of hydrogen-bond donors (Lipinski definition) is 1. The highest BCUT2D eigenvalue weighted by atomic mass is 15.2. The molecule has 2 aliphatic rings. The number of nitrogens with zero attached hydrogens (tertiary/aromatic N) is 3. The van der Waals surface area contributed by atoms with Gasteiger partial charge in [-0.3, -0.25) is 4.90 Å². The summed E-state index contributed by atoms with van der Waals surface area (Å²) >= 11 is 0. The number of rotatable bonds is 5. The van der Waals surface area contributed by atoms with Gasteiger partial charge in [0.15, 0.2) is 0 Å². The highest BCUT2D eigenvalue weighted by Gasteiger charge is 2.25. The zero-order valence-corrected chi connectivity index (χ0v) is 13.2. The van der Waals surface area contributed by atoms with Crippen molar-refractivity contribution >= 4 is 5.82 Å². The third kappa shape index (κ3) is 3.55. The molecule has 3 heterocycles. The van der Waals surface area contributed by atoms with Gasteiger partial charge in [-0.25, -0.2) is 4.98 Å². The van der Waals surface area contributed by atoms with E-state index in [-0.39, 0.29) is 0 Å². The van der Waals surface area contributed by atoms with Gasteiger partial charge < -0.3 is 10.2 Å². The molecule has 0 radical (unpaired) electrons. The van der Waals surface area contributed by atoms with Crippen molar-refractivity contribution in [2.45, 2.75) is 38.6 Å². The van der Waals surface area contributed by atoms with Crippen LogP contribution in [0.5, 0.6) is 0 Å². The number of anilines is 1. The summed E-state index contributed by atoms with van der Waals surface area (Å²) in [7, 11) is 0. The molecular weight excluding hydrogens is 260 g/mol. The molecule has 1 aromatic rings. The van der Waals surface area contributed by atoms with Crippen molar-refractivity contribution in [3.05, 3.63) is 23.9 Å². The van der Waals surface area contributed by atoms with Crippen molar-refractivity contribution in [1.82, 2.24) is 15.2 Å². The number of hydrogen-bond acceptors (Lipinski definition) is 4. The molecule has 2 saturated heterocycles. The molecule has 116 valence electrons. The van der Waals surface area contributed by atoms with Crippen molar-refractivity contribution < 1.29 is 0 Å². The Labute approximate surface area is 128 Å². The first kappa shape index (κ1) is 14.8. The quantitative estimate of drug-likeness (QED) is 0.902. The van der Waals surface area contributed by atoms with Gasteiger partial charge in [-0.1, -0.05) is 19.4 Å². The number of piperazine rings is 1. The molecule has 0 aromatic carbocycles. The number of aromatic nitrogens is 1. The summed E-state index contributed by atoms with van der Waals surface area (Å²) in [5.41, 5.74) is 1.41. The van der Waals surface area contributed by atoms with Gasteiger partial charge in [0.2, 0.25) is 0 Å². The molecule has 0 bridgehead atoms. The lowest BCUT2D eigenvalue weighted by Gasteiger charge is -2.29. The summed E-state index contributed by atoms with van der Waals surface area (Å²) in [6, 6.07) is 5.12. The fourth-order valence-corrected chi connectivity index (χ4v) is 3.51. The van der Waals surface area contributed by atoms with Crippen LogP contribution in [0, 0.1) is 0 Å². The van der Waals surface area contributed by atoms with E-state index < -0.39 is 0 Å². The maximum absolute atomic E-state index is 4.73. The SMILES string of the molecule is CCCCN1CCC[C@H]1c1ccc(N2CCNCC2)nc1. The molecule has 0 spiro atoms. The van der Waals surface area contributed by atoms with Crippen LogP contribution in [-0.2, 0) is 0 Å². The van der Waals surface area contributed by atoms with Gasteiger partial charge in [0.1, 0.15) is 5.82 Å². The van der Waals surface area contributed by atoms with E-state index in [1.54, 1.807) is 0 Å². The first-order valence-electron chi connectivity index (χ1n) is 8.54. The van der Waals surface area contributed by atoms with Gasteiger partial charge in [0.05, 0.1) is 0 Å². The average Bonchev–Trinajstić information content (AvgIpc) is 3.02. The molecule has 0 saturated carbocycles. The Bertz CT molecular complexity index is 425. The Morgan fingerprint density at radius 1 is 1.24 bits per heavy atom. The molecule has 4 nitrogen and oxygen atoms in total. The van der Waals surface area contributed by atoms with Crippen molar-refractivity contribution in [2.75, 3.05) is 44.2 Å². The second-order valence-corrected chi connectivity index (χ2v) is 6.23. The van der Waals surface area contributed by atoms with Crippen LogP contribution in [0.1, 0.15) is 44.2 Å².